The zero-order valence-corrected chi connectivity index (χ0v) is 17.9. The predicted molar refractivity (Wildman–Crippen MR) is 123 cm³/mol. The smallest absolute Gasteiger partial charge is 0.281 e. The number of nitrogens with zero attached hydrogens (tertiary/aromatic N) is 2. The third-order valence-corrected chi connectivity index (χ3v) is 5.51. The first kappa shape index (κ1) is 20.2. The number of hydrogen-bond acceptors (Lipinski definition) is 3. The Morgan fingerprint density at radius 3 is 2.27 bits per heavy atom. The fourth-order valence-electron chi connectivity index (χ4n) is 3.14. The number of rotatable bonds is 4. The van der Waals surface area contributed by atoms with E-state index in [1.54, 1.807) is 25.3 Å². The van der Waals surface area contributed by atoms with Crippen molar-refractivity contribution in [1.29, 1.82) is 0 Å². The lowest BCUT2D eigenvalue weighted by Gasteiger charge is -2.11. The van der Waals surface area contributed by atoms with Crippen molar-refractivity contribution in [2.45, 2.75) is 6.92 Å². The van der Waals surface area contributed by atoms with Crippen LogP contribution in [0.4, 0.5) is 5.69 Å². The fraction of sp³-hybridized carbons (Fsp3) is 0.0833. The number of halogens is 2. The Bertz CT molecular complexity index is 1170. The van der Waals surface area contributed by atoms with Crippen molar-refractivity contribution in [3.05, 3.63) is 99.0 Å². The number of ether oxygens (including phenoxy) is 1. The number of aryl methyl sites for hydroxylation is 1. The monoisotopic (exact) mass is 436 g/mol. The van der Waals surface area contributed by atoms with E-state index in [-0.39, 0.29) is 5.91 Å². The van der Waals surface area contributed by atoms with E-state index in [9.17, 15) is 4.79 Å². The Kier molecular flexibility index (Phi) is 5.62. The zero-order chi connectivity index (χ0) is 21.3. The molecule has 0 radical (unpaired) electrons. The lowest BCUT2D eigenvalue weighted by atomic mass is 10.00. The maximum absolute atomic E-state index is 13.3. The first-order valence-corrected chi connectivity index (χ1v) is 10.0. The van der Waals surface area contributed by atoms with Crippen molar-refractivity contribution >= 4 is 46.6 Å². The summed E-state index contributed by atoms with van der Waals surface area (Å²) < 4.78 is 5.24. The second-order valence-corrected chi connectivity index (χ2v) is 7.68. The van der Waals surface area contributed by atoms with Crippen molar-refractivity contribution in [1.82, 2.24) is 0 Å². The summed E-state index contributed by atoms with van der Waals surface area (Å²) >= 11 is 12.2. The number of amides is 1. The van der Waals surface area contributed by atoms with Gasteiger partial charge in [0.05, 0.1) is 28.4 Å². The number of anilines is 1. The molecule has 6 heteroatoms. The summed E-state index contributed by atoms with van der Waals surface area (Å²) in [5.74, 6) is 0.518. The number of hydrazone groups is 1. The van der Waals surface area contributed by atoms with Crippen molar-refractivity contribution in [2.24, 2.45) is 5.10 Å². The van der Waals surface area contributed by atoms with Crippen LogP contribution in [-0.2, 0) is 4.79 Å². The third-order valence-electron chi connectivity index (χ3n) is 4.77. The minimum atomic E-state index is -0.212. The molecule has 3 aromatic rings. The molecule has 0 unspecified atom stereocenters. The van der Waals surface area contributed by atoms with Crippen LogP contribution in [0.25, 0.3) is 6.08 Å². The summed E-state index contributed by atoms with van der Waals surface area (Å²) in [7, 11) is 1.61. The quantitative estimate of drug-likeness (QED) is 0.460. The molecule has 1 heterocycles. The largest absolute Gasteiger partial charge is 0.497 e. The number of carbonyl (C=O) groups is 1. The van der Waals surface area contributed by atoms with E-state index in [4.69, 9.17) is 27.9 Å². The van der Waals surface area contributed by atoms with E-state index in [2.05, 4.69) is 5.10 Å². The molecule has 0 aromatic heterocycles. The van der Waals surface area contributed by atoms with Crippen LogP contribution in [0.3, 0.4) is 0 Å². The minimum absolute atomic E-state index is 0.212. The van der Waals surface area contributed by atoms with Crippen LogP contribution in [0, 0.1) is 6.92 Å². The van der Waals surface area contributed by atoms with Crippen LogP contribution >= 0.6 is 23.2 Å². The Balaban J connectivity index is 1.81. The Hall–Kier alpha value is -3.08. The molecule has 0 atom stereocenters. The summed E-state index contributed by atoms with van der Waals surface area (Å²) in [5, 5.41) is 6.95. The van der Waals surface area contributed by atoms with Gasteiger partial charge in [-0.15, -0.1) is 0 Å². The molecule has 0 spiro atoms. The zero-order valence-electron chi connectivity index (χ0n) is 16.4. The van der Waals surface area contributed by atoms with E-state index in [0.717, 1.165) is 22.4 Å². The van der Waals surface area contributed by atoms with Crippen LogP contribution in [-0.4, -0.2) is 18.7 Å². The van der Waals surface area contributed by atoms with E-state index < -0.39 is 0 Å². The summed E-state index contributed by atoms with van der Waals surface area (Å²) in [6, 6.07) is 20.4. The number of benzene rings is 3. The number of hydrogen-bond donors (Lipinski definition) is 0. The van der Waals surface area contributed by atoms with Gasteiger partial charge in [-0.05, 0) is 67.1 Å². The summed E-state index contributed by atoms with van der Waals surface area (Å²) in [6.45, 7) is 2.00. The maximum Gasteiger partial charge on any atom is 0.281 e. The molecule has 0 aliphatic carbocycles. The summed E-state index contributed by atoms with van der Waals surface area (Å²) in [6.07, 6.45) is 1.78. The van der Waals surface area contributed by atoms with Crippen LogP contribution < -0.4 is 9.75 Å². The Morgan fingerprint density at radius 1 is 0.933 bits per heavy atom. The van der Waals surface area contributed by atoms with Gasteiger partial charge in [-0.3, -0.25) is 4.79 Å². The molecular formula is C24H18Cl2N2O2. The molecule has 0 fully saturated rings. The average Bonchev–Trinajstić information content (AvgIpc) is 3.07. The molecule has 0 saturated heterocycles. The van der Waals surface area contributed by atoms with Gasteiger partial charge in [-0.25, -0.2) is 0 Å². The maximum atomic E-state index is 13.3. The van der Waals surface area contributed by atoms with Gasteiger partial charge in [0.25, 0.3) is 5.91 Å². The standard InChI is InChI=1S/C24H18Cl2N2O2/c1-15-3-8-18(9-4-15)28-24(29)20(13-16-5-12-21(25)22(26)14-16)23(27-28)17-6-10-19(30-2)11-7-17/h3-14H,1-2H3/b20-13-. The highest BCUT2D eigenvalue weighted by Gasteiger charge is 2.32. The molecule has 1 amide bonds. The molecule has 0 bridgehead atoms. The number of methoxy groups -OCH3 is 1. The number of carbonyl (C=O) groups excluding carboxylic acids is 1. The van der Waals surface area contributed by atoms with Crippen molar-refractivity contribution in [2.75, 3.05) is 12.1 Å². The summed E-state index contributed by atoms with van der Waals surface area (Å²) in [4.78, 5) is 13.3. The first-order chi connectivity index (χ1) is 14.5. The molecule has 4 nitrogen and oxygen atoms in total. The van der Waals surface area contributed by atoms with Crippen LogP contribution in [0.2, 0.25) is 10.0 Å². The highest BCUT2D eigenvalue weighted by Crippen LogP contribution is 2.30. The minimum Gasteiger partial charge on any atom is -0.497 e. The molecule has 1 aliphatic rings. The van der Waals surface area contributed by atoms with Gasteiger partial charge in [-0.1, -0.05) is 47.0 Å². The molecule has 150 valence electrons. The topological polar surface area (TPSA) is 41.9 Å². The Labute approximate surface area is 185 Å². The molecule has 0 N–H and O–H groups in total. The summed E-state index contributed by atoms with van der Waals surface area (Å²) in [5.41, 5.74) is 4.43. The second-order valence-electron chi connectivity index (χ2n) is 6.86. The highest BCUT2D eigenvalue weighted by molar-refractivity contribution is 6.42. The van der Waals surface area contributed by atoms with Gasteiger partial charge in [0.15, 0.2) is 0 Å². The van der Waals surface area contributed by atoms with Crippen LogP contribution in [0.15, 0.2) is 77.4 Å². The van der Waals surface area contributed by atoms with Gasteiger partial charge in [0.1, 0.15) is 11.5 Å². The fourth-order valence-corrected chi connectivity index (χ4v) is 3.44. The van der Waals surface area contributed by atoms with Crippen LogP contribution in [0.1, 0.15) is 16.7 Å². The predicted octanol–water partition coefficient (Wildman–Crippen LogP) is 6.14. The molecule has 30 heavy (non-hydrogen) atoms. The van der Waals surface area contributed by atoms with Crippen LogP contribution in [0.5, 0.6) is 5.75 Å². The SMILES string of the molecule is COc1ccc(C2=NN(c3ccc(C)cc3)C(=O)/C2=C\c2ccc(Cl)c(Cl)c2)cc1. The molecule has 4 rings (SSSR count). The van der Waals surface area contributed by atoms with Crippen molar-refractivity contribution in [3.63, 3.8) is 0 Å². The van der Waals surface area contributed by atoms with E-state index in [0.29, 0.717) is 27.0 Å². The van der Waals surface area contributed by atoms with Crippen molar-refractivity contribution in [3.8, 4) is 5.75 Å². The molecular weight excluding hydrogens is 419 g/mol. The van der Waals surface area contributed by atoms with E-state index in [1.807, 2.05) is 61.5 Å². The molecule has 3 aromatic carbocycles. The van der Waals surface area contributed by atoms with E-state index >= 15 is 0 Å². The lowest BCUT2D eigenvalue weighted by Crippen LogP contribution is -2.21. The lowest BCUT2D eigenvalue weighted by molar-refractivity contribution is -0.114. The van der Waals surface area contributed by atoms with Gasteiger partial charge < -0.3 is 4.74 Å². The second kappa shape index (κ2) is 8.34. The average molecular weight is 437 g/mol. The normalized spacial score (nSPS) is 14.9. The van der Waals surface area contributed by atoms with Gasteiger partial charge in [0.2, 0.25) is 0 Å². The van der Waals surface area contributed by atoms with Gasteiger partial charge >= 0.3 is 0 Å². The third kappa shape index (κ3) is 3.97. The highest BCUT2D eigenvalue weighted by atomic mass is 35.5. The van der Waals surface area contributed by atoms with Gasteiger partial charge in [-0.2, -0.15) is 10.1 Å². The first-order valence-electron chi connectivity index (χ1n) is 9.27. The van der Waals surface area contributed by atoms with Gasteiger partial charge in [0, 0.05) is 5.56 Å². The Morgan fingerprint density at radius 2 is 1.63 bits per heavy atom. The van der Waals surface area contributed by atoms with Crippen molar-refractivity contribution < 1.29 is 9.53 Å². The molecule has 1 aliphatic heterocycles. The van der Waals surface area contributed by atoms with E-state index in [1.165, 1.54) is 5.01 Å². The molecule has 0 saturated carbocycles.